The minimum atomic E-state index is -0.162. The molecule has 0 unspecified atom stereocenters. The molecule has 0 saturated carbocycles. The van der Waals surface area contributed by atoms with Crippen molar-refractivity contribution in [1.29, 1.82) is 0 Å². The van der Waals surface area contributed by atoms with Crippen molar-refractivity contribution in [3.05, 3.63) is 21.5 Å². The second-order valence-corrected chi connectivity index (χ2v) is 3.19. The van der Waals surface area contributed by atoms with Gasteiger partial charge >= 0.3 is 5.69 Å². The maximum absolute atomic E-state index is 11.5. The third kappa shape index (κ3) is 0.951. The van der Waals surface area contributed by atoms with Gasteiger partial charge in [0.05, 0.1) is 6.33 Å². The summed E-state index contributed by atoms with van der Waals surface area (Å²) < 4.78 is 3.35. The normalized spacial score (nSPS) is 10.9. The largest absolute Gasteiger partial charge is 0.341 e. The average molecular weight is 196 g/mol. The lowest BCUT2D eigenvalue weighted by Gasteiger charge is -2.02. The minimum absolute atomic E-state index is 0.162. The molecule has 2 aromatic rings. The van der Waals surface area contributed by atoms with E-state index in [1.54, 1.807) is 14.1 Å². The van der Waals surface area contributed by atoms with Crippen molar-refractivity contribution < 1.29 is 0 Å². The van der Waals surface area contributed by atoms with E-state index >= 15 is 0 Å². The Morgan fingerprint density at radius 1 is 1.46 bits per heavy atom. The lowest BCUT2D eigenvalue weighted by Crippen LogP contribution is -2.27. The number of nitrogens with one attached hydrogen (secondary N) is 1. The predicted octanol–water partition coefficient (Wildman–Crippen LogP) is 0.330. The van der Waals surface area contributed by atoms with Crippen molar-refractivity contribution in [2.24, 2.45) is 14.1 Å². The molecule has 1 N–H and O–H groups in total. The summed E-state index contributed by atoms with van der Waals surface area (Å²) in [6, 6.07) is 0. The van der Waals surface area contributed by atoms with Crippen LogP contribution in [0.5, 0.6) is 0 Å². The first-order chi connectivity index (χ1) is 6.13. The van der Waals surface area contributed by atoms with Crippen LogP contribution in [0.15, 0.2) is 11.1 Å². The van der Waals surface area contributed by atoms with Crippen LogP contribution >= 0.6 is 12.2 Å². The Bertz CT molecular complexity index is 576. The van der Waals surface area contributed by atoms with Crippen molar-refractivity contribution in [3.63, 3.8) is 0 Å². The number of hydrogen-bond donors (Lipinski definition) is 1. The molecule has 0 fully saturated rings. The van der Waals surface area contributed by atoms with Crippen LogP contribution in [0, 0.1) is 4.64 Å². The Morgan fingerprint density at radius 3 is 2.85 bits per heavy atom. The number of fused-ring (bicyclic) bond motifs is 1. The summed E-state index contributed by atoms with van der Waals surface area (Å²) in [5.74, 6) is 0. The molecule has 0 aliphatic rings. The summed E-state index contributed by atoms with van der Waals surface area (Å²) in [4.78, 5) is 18.4. The highest BCUT2D eigenvalue weighted by Crippen LogP contribution is 2.05. The standard InChI is InChI=1S/C7H8N4OS/c1-10-5-4(8-3-9-5)6(13)11(2)7(10)12/h3H,1-2H3,(H,8,9). The van der Waals surface area contributed by atoms with Gasteiger partial charge in [-0.15, -0.1) is 0 Å². The molecule has 68 valence electrons. The maximum Gasteiger partial charge on any atom is 0.330 e. The van der Waals surface area contributed by atoms with Gasteiger partial charge in [0.15, 0.2) is 5.65 Å². The van der Waals surface area contributed by atoms with Gasteiger partial charge in [-0.1, -0.05) is 12.2 Å². The van der Waals surface area contributed by atoms with E-state index in [9.17, 15) is 4.79 Å². The third-order valence-electron chi connectivity index (χ3n) is 2.03. The highest BCUT2D eigenvalue weighted by atomic mass is 32.1. The van der Waals surface area contributed by atoms with Crippen LogP contribution in [0.4, 0.5) is 0 Å². The number of hydrogen-bond acceptors (Lipinski definition) is 3. The van der Waals surface area contributed by atoms with Gasteiger partial charge in [0.1, 0.15) is 10.2 Å². The van der Waals surface area contributed by atoms with E-state index in [1.165, 1.54) is 15.5 Å². The monoisotopic (exact) mass is 196 g/mol. The lowest BCUT2D eigenvalue weighted by atomic mass is 10.5. The fourth-order valence-electron chi connectivity index (χ4n) is 1.27. The molecule has 2 heterocycles. The molecule has 2 rings (SSSR count). The van der Waals surface area contributed by atoms with Crippen LogP contribution in [-0.2, 0) is 14.1 Å². The maximum atomic E-state index is 11.5. The van der Waals surface area contributed by atoms with E-state index in [0.29, 0.717) is 10.3 Å². The molecule has 0 radical (unpaired) electrons. The molecule has 13 heavy (non-hydrogen) atoms. The van der Waals surface area contributed by atoms with Gasteiger partial charge < -0.3 is 4.98 Å². The first-order valence-corrected chi connectivity index (χ1v) is 4.13. The van der Waals surface area contributed by atoms with E-state index in [1.807, 2.05) is 0 Å². The molecule has 5 nitrogen and oxygen atoms in total. The average Bonchev–Trinajstić information content (AvgIpc) is 2.59. The van der Waals surface area contributed by atoms with Crippen LogP contribution in [-0.4, -0.2) is 19.1 Å². The van der Waals surface area contributed by atoms with E-state index in [4.69, 9.17) is 12.2 Å². The van der Waals surface area contributed by atoms with Gasteiger partial charge in [-0.25, -0.2) is 9.78 Å². The zero-order valence-corrected chi connectivity index (χ0v) is 8.05. The summed E-state index contributed by atoms with van der Waals surface area (Å²) in [5.41, 5.74) is 1.15. The molecular weight excluding hydrogens is 188 g/mol. The minimum Gasteiger partial charge on any atom is -0.341 e. The summed E-state index contributed by atoms with van der Waals surface area (Å²) in [5, 5.41) is 0. The molecule has 0 amide bonds. The van der Waals surface area contributed by atoms with Crippen molar-refractivity contribution in [3.8, 4) is 0 Å². The molecular formula is C7H8N4OS. The third-order valence-corrected chi connectivity index (χ3v) is 2.51. The van der Waals surface area contributed by atoms with E-state index in [2.05, 4.69) is 9.97 Å². The SMILES string of the molecule is Cn1c(=S)c2[nH]cnc2n(C)c1=O. The molecule has 0 aliphatic carbocycles. The van der Waals surface area contributed by atoms with Crippen LogP contribution in [0.1, 0.15) is 0 Å². The van der Waals surface area contributed by atoms with Gasteiger partial charge in [0.2, 0.25) is 0 Å². The number of aromatic amines is 1. The van der Waals surface area contributed by atoms with Crippen LogP contribution in [0.25, 0.3) is 11.2 Å². The Morgan fingerprint density at radius 2 is 2.15 bits per heavy atom. The Kier molecular flexibility index (Phi) is 1.59. The summed E-state index contributed by atoms with van der Waals surface area (Å²) in [6.07, 6.45) is 1.53. The molecule has 2 aromatic heterocycles. The zero-order chi connectivity index (χ0) is 9.59. The number of nitrogens with zero attached hydrogens (tertiary/aromatic N) is 3. The number of aromatic nitrogens is 4. The van der Waals surface area contributed by atoms with Crippen LogP contribution in [0.3, 0.4) is 0 Å². The van der Waals surface area contributed by atoms with Gasteiger partial charge in [0.25, 0.3) is 0 Å². The van der Waals surface area contributed by atoms with E-state index < -0.39 is 0 Å². The molecule has 0 bridgehead atoms. The topological polar surface area (TPSA) is 55.6 Å². The second kappa shape index (κ2) is 2.53. The van der Waals surface area contributed by atoms with Crippen molar-refractivity contribution in [1.82, 2.24) is 19.1 Å². The molecule has 0 aromatic carbocycles. The van der Waals surface area contributed by atoms with Crippen LogP contribution < -0.4 is 5.69 Å². The predicted molar refractivity (Wildman–Crippen MR) is 51.1 cm³/mol. The van der Waals surface area contributed by atoms with Crippen molar-refractivity contribution in [2.75, 3.05) is 0 Å². The molecule has 0 saturated heterocycles. The number of aryl methyl sites for hydroxylation is 1. The second-order valence-electron chi connectivity index (χ2n) is 2.81. The summed E-state index contributed by atoms with van der Waals surface area (Å²) in [6.45, 7) is 0. The summed E-state index contributed by atoms with van der Waals surface area (Å²) >= 11 is 5.07. The van der Waals surface area contributed by atoms with Gasteiger partial charge in [-0.05, 0) is 0 Å². The van der Waals surface area contributed by atoms with E-state index in [0.717, 1.165) is 5.52 Å². The van der Waals surface area contributed by atoms with Gasteiger partial charge in [0, 0.05) is 14.1 Å². The quantitative estimate of drug-likeness (QED) is 0.618. The lowest BCUT2D eigenvalue weighted by molar-refractivity contribution is 0.721. The molecule has 6 heteroatoms. The van der Waals surface area contributed by atoms with Gasteiger partial charge in [-0.3, -0.25) is 9.13 Å². The number of rotatable bonds is 0. The Balaban J connectivity index is 3.21. The zero-order valence-electron chi connectivity index (χ0n) is 7.24. The molecule has 0 spiro atoms. The van der Waals surface area contributed by atoms with Crippen molar-refractivity contribution in [2.45, 2.75) is 0 Å². The fraction of sp³-hybridized carbons (Fsp3) is 0.286. The highest BCUT2D eigenvalue weighted by Gasteiger charge is 2.06. The number of H-pyrrole nitrogens is 1. The molecule has 0 aliphatic heterocycles. The van der Waals surface area contributed by atoms with E-state index in [-0.39, 0.29) is 5.69 Å². The van der Waals surface area contributed by atoms with Gasteiger partial charge in [-0.2, -0.15) is 0 Å². The molecule has 0 atom stereocenters. The smallest absolute Gasteiger partial charge is 0.330 e. The fourth-order valence-corrected chi connectivity index (χ4v) is 1.50. The first-order valence-electron chi connectivity index (χ1n) is 3.72. The van der Waals surface area contributed by atoms with Crippen molar-refractivity contribution >= 4 is 23.4 Å². The Hall–Kier alpha value is -1.43. The number of imidazole rings is 1. The highest BCUT2D eigenvalue weighted by molar-refractivity contribution is 7.71. The van der Waals surface area contributed by atoms with Crippen LogP contribution in [0.2, 0.25) is 0 Å². The Labute approximate surface area is 78.7 Å². The summed E-state index contributed by atoms with van der Waals surface area (Å²) in [7, 11) is 3.31. The first kappa shape index (κ1) is 8.18.